The summed E-state index contributed by atoms with van der Waals surface area (Å²) in [5.41, 5.74) is 0.796. The van der Waals surface area contributed by atoms with E-state index < -0.39 is 12.0 Å². The van der Waals surface area contributed by atoms with Gasteiger partial charge in [0, 0.05) is 12.8 Å². The molecule has 0 bridgehead atoms. The zero-order valence-electron chi connectivity index (χ0n) is 24.4. The summed E-state index contributed by atoms with van der Waals surface area (Å²) in [6, 6.07) is 5.35. The van der Waals surface area contributed by atoms with Crippen LogP contribution in [0.25, 0.3) is 0 Å². The molecule has 1 aromatic carbocycles. The summed E-state index contributed by atoms with van der Waals surface area (Å²) >= 11 is 0. The average molecular weight is 556 g/mol. The minimum absolute atomic E-state index is 0.116. The molecule has 4 fully saturated rings. The first-order valence-corrected chi connectivity index (χ1v) is 15.6. The molecule has 0 heterocycles. The normalized spacial score (nSPS) is 40.3. The molecule has 0 saturated heterocycles. The Labute approximate surface area is 238 Å². The maximum absolute atomic E-state index is 12.8. The minimum Gasteiger partial charge on any atom is -0.508 e. The summed E-state index contributed by atoms with van der Waals surface area (Å²) in [6.07, 6.45) is 8.87. The van der Waals surface area contributed by atoms with Gasteiger partial charge in [-0.25, -0.2) is 4.79 Å². The van der Waals surface area contributed by atoms with Crippen LogP contribution < -0.4 is 5.32 Å². The highest BCUT2D eigenvalue weighted by Gasteiger charge is 2.63. The smallest absolute Gasteiger partial charge is 0.326 e. The molecule has 0 spiro atoms. The molecule has 11 atom stereocenters. The average Bonchev–Trinajstić information content (AvgIpc) is 3.28. The second-order valence-electron chi connectivity index (χ2n) is 14.2. The predicted molar refractivity (Wildman–Crippen MR) is 152 cm³/mol. The lowest BCUT2D eigenvalue weighted by molar-refractivity contribution is -0.175. The summed E-state index contributed by atoms with van der Waals surface area (Å²) < 4.78 is 0. The number of carboxylic acid groups (broad SMARTS) is 1. The van der Waals surface area contributed by atoms with E-state index in [1.54, 1.807) is 12.1 Å². The fraction of sp³-hybridized carbons (Fsp3) is 0.758. The SMILES string of the molecule is CC(CCC(=O)NC(Cc1ccc(O)cc1)C(=O)O)[C@H]1CC[C@H]2[C@@H]3CC[C@@H]4C[C@H](O)CC[C@]4(C)[C@H]3C[C@H](O)[C@]12C. The summed E-state index contributed by atoms with van der Waals surface area (Å²) in [5.74, 6) is 1.59. The number of phenolic OH excluding ortho intramolecular Hbond substituents is 1. The monoisotopic (exact) mass is 555 g/mol. The Hall–Kier alpha value is -2.12. The molecule has 4 aliphatic carbocycles. The van der Waals surface area contributed by atoms with Crippen LogP contribution in [0.2, 0.25) is 0 Å². The molecule has 4 aliphatic rings. The predicted octanol–water partition coefficient (Wildman–Crippen LogP) is 4.91. The molecule has 0 aliphatic heterocycles. The maximum Gasteiger partial charge on any atom is 0.326 e. The molecule has 0 radical (unpaired) electrons. The van der Waals surface area contributed by atoms with Crippen molar-refractivity contribution in [2.24, 2.45) is 46.3 Å². The van der Waals surface area contributed by atoms with Crippen molar-refractivity contribution in [3.63, 3.8) is 0 Å². The highest BCUT2D eigenvalue weighted by molar-refractivity contribution is 5.83. The zero-order chi connectivity index (χ0) is 28.8. The van der Waals surface area contributed by atoms with Crippen LogP contribution in [0.3, 0.4) is 0 Å². The third-order valence-corrected chi connectivity index (χ3v) is 12.3. The first-order chi connectivity index (χ1) is 18.9. The van der Waals surface area contributed by atoms with Crippen LogP contribution in [0.4, 0.5) is 0 Å². The van der Waals surface area contributed by atoms with Gasteiger partial charge in [-0.3, -0.25) is 4.79 Å². The van der Waals surface area contributed by atoms with Gasteiger partial charge in [0.05, 0.1) is 12.2 Å². The number of carboxylic acids is 1. The number of aliphatic hydroxyl groups excluding tert-OH is 2. The van der Waals surface area contributed by atoms with Gasteiger partial charge in [0.15, 0.2) is 0 Å². The quantitative estimate of drug-likeness (QED) is 0.310. The fourth-order valence-corrected chi connectivity index (χ4v) is 10.1. The van der Waals surface area contributed by atoms with Gasteiger partial charge in [0.25, 0.3) is 0 Å². The van der Waals surface area contributed by atoms with Gasteiger partial charge in [-0.05, 0) is 122 Å². The topological polar surface area (TPSA) is 127 Å². The Balaban J connectivity index is 1.20. The van der Waals surface area contributed by atoms with E-state index in [0.29, 0.717) is 36.0 Å². The fourth-order valence-electron chi connectivity index (χ4n) is 10.1. The summed E-state index contributed by atoms with van der Waals surface area (Å²) in [4.78, 5) is 24.7. The summed E-state index contributed by atoms with van der Waals surface area (Å²) in [5, 5.41) is 43.9. The van der Waals surface area contributed by atoms with Crippen molar-refractivity contribution in [1.29, 1.82) is 0 Å². The number of fused-ring (bicyclic) bond motifs is 5. The highest BCUT2D eigenvalue weighted by atomic mass is 16.4. The van der Waals surface area contributed by atoms with Gasteiger partial charge in [-0.2, -0.15) is 0 Å². The van der Waals surface area contributed by atoms with Crippen molar-refractivity contribution >= 4 is 11.9 Å². The van der Waals surface area contributed by atoms with Gasteiger partial charge in [0.2, 0.25) is 5.91 Å². The molecule has 222 valence electrons. The maximum atomic E-state index is 12.8. The number of nitrogens with one attached hydrogen (secondary N) is 1. The van der Waals surface area contributed by atoms with Crippen molar-refractivity contribution in [2.45, 2.75) is 110 Å². The van der Waals surface area contributed by atoms with E-state index in [-0.39, 0.29) is 53.5 Å². The van der Waals surface area contributed by atoms with E-state index in [1.807, 2.05) is 0 Å². The molecule has 0 aromatic heterocycles. The Morgan fingerprint density at radius 1 is 1.00 bits per heavy atom. The van der Waals surface area contributed by atoms with E-state index in [0.717, 1.165) is 44.1 Å². The van der Waals surface area contributed by atoms with E-state index in [1.165, 1.54) is 25.0 Å². The molecule has 1 aromatic rings. The molecule has 1 amide bonds. The van der Waals surface area contributed by atoms with E-state index >= 15 is 0 Å². The van der Waals surface area contributed by atoms with Gasteiger partial charge < -0.3 is 25.7 Å². The Morgan fingerprint density at radius 3 is 2.42 bits per heavy atom. The molecular formula is C33H49NO6. The standard InChI is InChI=1S/C33H49NO6/c1-19(4-13-30(38)34-28(31(39)40)16-20-5-8-22(35)9-6-20)25-11-12-26-24-10-7-21-17-23(36)14-15-32(21,2)27(24)18-29(37)33(25,26)3/h5-6,8-9,19,21,23-29,35-37H,4,7,10-18H2,1-3H3,(H,34,38)(H,39,40)/t19?,21-,23-,24+,25-,26+,27+,28?,29+,32+,33-/m1/s1. The first-order valence-electron chi connectivity index (χ1n) is 15.6. The van der Waals surface area contributed by atoms with E-state index in [9.17, 15) is 30.0 Å². The molecule has 40 heavy (non-hydrogen) atoms. The van der Waals surface area contributed by atoms with Crippen LogP contribution in [0, 0.1) is 46.3 Å². The minimum atomic E-state index is -1.07. The number of aromatic hydroxyl groups is 1. The zero-order valence-corrected chi connectivity index (χ0v) is 24.4. The number of benzene rings is 1. The Bertz CT molecular complexity index is 1080. The molecule has 5 rings (SSSR count). The van der Waals surface area contributed by atoms with Crippen molar-refractivity contribution in [1.82, 2.24) is 5.32 Å². The molecule has 2 unspecified atom stereocenters. The van der Waals surface area contributed by atoms with Crippen molar-refractivity contribution in [3.05, 3.63) is 29.8 Å². The van der Waals surface area contributed by atoms with Crippen LogP contribution in [-0.4, -0.2) is 50.6 Å². The number of aliphatic hydroxyl groups is 2. The lowest BCUT2D eigenvalue weighted by atomic mass is 9.43. The third-order valence-electron chi connectivity index (χ3n) is 12.3. The van der Waals surface area contributed by atoms with Crippen LogP contribution in [0.15, 0.2) is 24.3 Å². The number of phenols is 1. The number of amides is 1. The summed E-state index contributed by atoms with van der Waals surface area (Å²) in [7, 11) is 0. The van der Waals surface area contributed by atoms with Crippen molar-refractivity contribution in [2.75, 3.05) is 0 Å². The number of carbonyl (C=O) groups excluding carboxylic acids is 1. The number of hydrogen-bond acceptors (Lipinski definition) is 5. The largest absolute Gasteiger partial charge is 0.508 e. The lowest BCUT2D eigenvalue weighted by Crippen LogP contribution is -2.58. The number of rotatable bonds is 8. The third kappa shape index (κ3) is 5.29. The van der Waals surface area contributed by atoms with E-state index in [2.05, 4.69) is 26.1 Å². The van der Waals surface area contributed by atoms with Crippen LogP contribution in [0.5, 0.6) is 5.75 Å². The van der Waals surface area contributed by atoms with Crippen molar-refractivity contribution in [3.8, 4) is 5.75 Å². The molecule has 7 heteroatoms. The number of carbonyl (C=O) groups is 2. The second-order valence-corrected chi connectivity index (χ2v) is 14.2. The van der Waals surface area contributed by atoms with Crippen LogP contribution in [0.1, 0.15) is 90.5 Å². The first kappa shape index (κ1) is 29.4. The summed E-state index contributed by atoms with van der Waals surface area (Å²) in [6.45, 7) is 6.95. The van der Waals surface area contributed by atoms with Crippen molar-refractivity contribution < 1.29 is 30.0 Å². The molecule has 5 N–H and O–H groups in total. The van der Waals surface area contributed by atoms with E-state index in [4.69, 9.17) is 0 Å². The van der Waals surface area contributed by atoms with Gasteiger partial charge in [-0.15, -0.1) is 0 Å². The van der Waals surface area contributed by atoms with Crippen LogP contribution >= 0.6 is 0 Å². The van der Waals surface area contributed by atoms with Gasteiger partial charge >= 0.3 is 5.97 Å². The van der Waals surface area contributed by atoms with Gasteiger partial charge in [0.1, 0.15) is 11.8 Å². The second kappa shape index (κ2) is 11.3. The molecule has 4 saturated carbocycles. The number of aliphatic carboxylic acids is 1. The Morgan fingerprint density at radius 2 is 1.73 bits per heavy atom. The van der Waals surface area contributed by atoms with Gasteiger partial charge in [-0.1, -0.05) is 32.9 Å². The molecular weight excluding hydrogens is 506 g/mol. The molecule has 7 nitrogen and oxygen atoms in total. The lowest BCUT2D eigenvalue weighted by Gasteiger charge is -2.62. The number of hydrogen-bond donors (Lipinski definition) is 5. The van der Waals surface area contributed by atoms with Crippen LogP contribution in [-0.2, 0) is 16.0 Å². The highest BCUT2D eigenvalue weighted by Crippen LogP contribution is 2.68. The Kier molecular flexibility index (Phi) is 8.28.